The molecule has 1 aromatic rings. The molecule has 3 nitrogen and oxygen atoms in total. The third kappa shape index (κ3) is 2.73. The van der Waals surface area contributed by atoms with E-state index in [1.54, 1.807) is 13.8 Å². The lowest BCUT2D eigenvalue weighted by Crippen LogP contribution is -2.17. The molecule has 1 aromatic heterocycles. The summed E-state index contributed by atoms with van der Waals surface area (Å²) in [4.78, 5) is 10.1. The van der Waals surface area contributed by atoms with Crippen LogP contribution in [0.25, 0.3) is 0 Å². The topological polar surface area (TPSA) is 29.0 Å². The Morgan fingerprint density at radius 3 is 2.36 bits per heavy atom. The molecule has 0 atom stereocenters. The molecule has 0 radical (unpaired) electrons. The second kappa shape index (κ2) is 4.46. The summed E-state index contributed by atoms with van der Waals surface area (Å²) in [6.07, 6.45) is 0.686. The highest BCUT2D eigenvalue weighted by Gasteiger charge is 2.07. The van der Waals surface area contributed by atoms with E-state index in [0.717, 1.165) is 12.2 Å². The van der Waals surface area contributed by atoms with Gasteiger partial charge in [-0.2, -0.15) is 4.39 Å². The van der Waals surface area contributed by atoms with Crippen LogP contribution in [0.3, 0.4) is 0 Å². The maximum atomic E-state index is 13.2. The third-order valence-electron chi connectivity index (χ3n) is 2.16. The zero-order valence-corrected chi connectivity index (χ0v) is 9.13. The van der Waals surface area contributed by atoms with Gasteiger partial charge in [0, 0.05) is 24.2 Å². The number of likely N-dealkylation sites (N-methyl/N-ethyl adjacent to an activating group) is 1. The number of hydrogen-bond acceptors (Lipinski definition) is 3. The Kier molecular flexibility index (Phi) is 3.52. The maximum Gasteiger partial charge on any atom is 0.219 e. The summed E-state index contributed by atoms with van der Waals surface area (Å²) < 4.78 is 13.2. The first-order chi connectivity index (χ1) is 6.50. The van der Waals surface area contributed by atoms with Gasteiger partial charge in [-0.1, -0.05) is 0 Å². The molecule has 4 heteroatoms. The Hall–Kier alpha value is -1.03. The van der Waals surface area contributed by atoms with Crippen molar-refractivity contribution in [3.05, 3.63) is 23.0 Å². The van der Waals surface area contributed by atoms with Crippen molar-refractivity contribution in [1.82, 2.24) is 14.9 Å². The van der Waals surface area contributed by atoms with E-state index in [2.05, 4.69) is 9.97 Å². The van der Waals surface area contributed by atoms with Crippen LogP contribution < -0.4 is 0 Å². The zero-order valence-electron chi connectivity index (χ0n) is 9.13. The van der Waals surface area contributed by atoms with Crippen molar-refractivity contribution in [2.24, 2.45) is 0 Å². The summed E-state index contributed by atoms with van der Waals surface area (Å²) in [6.45, 7) is 4.33. The molecular weight excluding hydrogens is 181 g/mol. The Morgan fingerprint density at radius 1 is 1.21 bits per heavy atom. The molecule has 0 fully saturated rings. The Morgan fingerprint density at radius 2 is 1.86 bits per heavy atom. The fourth-order valence-electron chi connectivity index (χ4n) is 1.08. The lowest BCUT2D eigenvalue weighted by atomic mass is 10.2. The molecule has 0 N–H and O–H groups in total. The number of nitrogens with zero attached hydrogens (tertiary/aromatic N) is 3. The fourth-order valence-corrected chi connectivity index (χ4v) is 1.08. The Bertz CT molecular complexity index is 300. The van der Waals surface area contributed by atoms with E-state index in [9.17, 15) is 4.39 Å². The summed E-state index contributed by atoms with van der Waals surface area (Å²) in [7, 11) is 3.94. The highest BCUT2D eigenvalue weighted by Crippen LogP contribution is 2.07. The van der Waals surface area contributed by atoms with Crippen molar-refractivity contribution in [3.63, 3.8) is 0 Å². The molecule has 1 heterocycles. The van der Waals surface area contributed by atoms with Gasteiger partial charge in [0.05, 0.1) is 0 Å². The minimum absolute atomic E-state index is 0.397. The van der Waals surface area contributed by atoms with Crippen molar-refractivity contribution in [2.45, 2.75) is 20.3 Å². The standard InChI is InChI=1S/C10H16FN3/c1-7-8(2)12-9(13-10(7)11)5-6-14(3)4/h5-6H2,1-4H3. The summed E-state index contributed by atoms with van der Waals surface area (Å²) in [5.41, 5.74) is 1.27. The van der Waals surface area contributed by atoms with Crippen LogP contribution in [0.4, 0.5) is 4.39 Å². The molecular formula is C10H16FN3. The van der Waals surface area contributed by atoms with E-state index in [1.165, 1.54) is 0 Å². The molecule has 0 saturated carbocycles. The Labute approximate surface area is 84.0 Å². The molecule has 14 heavy (non-hydrogen) atoms. The smallest absolute Gasteiger partial charge is 0.219 e. The normalized spacial score (nSPS) is 11.0. The van der Waals surface area contributed by atoms with Crippen molar-refractivity contribution in [2.75, 3.05) is 20.6 Å². The van der Waals surface area contributed by atoms with Gasteiger partial charge in [-0.3, -0.25) is 0 Å². The van der Waals surface area contributed by atoms with Crippen LogP contribution >= 0.6 is 0 Å². The van der Waals surface area contributed by atoms with E-state index < -0.39 is 5.95 Å². The Balaban J connectivity index is 2.79. The van der Waals surface area contributed by atoms with Gasteiger partial charge in [0.1, 0.15) is 5.82 Å². The summed E-state index contributed by atoms with van der Waals surface area (Å²) in [5, 5.41) is 0. The lowest BCUT2D eigenvalue weighted by Gasteiger charge is -2.09. The number of halogens is 1. The van der Waals surface area contributed by atoms with Crippen LogP contribution in [0, 0.1) is 19.8 Å². The third-order valence-corrected chi connectivity index (χ3v) is 2.16. The van der Waals surface area contributed by atoms with Gasteiger partial charge in [-0.15, -0.1) is 0 Å². The van der Waals surface area contributed by atoms with Gasteiger partial charge >= 0.3 is 0 Å². The van der Waals surface area contributed by atoms with Gasteiger partial charge in [0.15, 0.2) is 0 Å². The van der Waals surface area contributed by atoms with Gasteiger partial charge in [0.2, 0.25) is 5.95 Å². The highest BCUT2D eigenvalue weighted by molar-refractivity contribution is 5.15. The van der Waals surface area contributed by atoms with E-state index >= 15 is 0 Å². The number of aromatic nitrogens is 2. The highest BCUT2D eigenvalue weighted by atomic mass is 19.1. The van der Waals surface area contributed by atoms with E-state index in [-0.39, 0.29) is 0 Å². The van der Waals surface area contributed by atoms with Gasteiger partial charge in [0.25, 0.3) is 0 Å². The SMILES string of the molecule is Cc1nc(CCN(C)C)nc(F)c1C. The summed E-state index contributed by atoms with van der Waals surface area (Å²) in [6, 6.07) is 0. The monoisotopic (exact) mass is 197 g/mol. The van der Waals surface area contributed by atoms with Crippen LogP contribution in [-0.2, 0) is 6.42 Å². The van der Waals surface area contributed by atoms with Gasteiger partial charge < -0.3 is 4.90 Å². The summed E-state index contributed by atoms with van der Waals surface area (Å²) >= 11 is 0. The maximum absolute atomic E-state index is 13.2. The number of aryl methyl sites for hydroxylation is 1. The molecule has 0 unspecified atom stereocenters. The van der Waals surface area contributed by atoms with Crippen molar-refractivity contribution in [1.29, 1.82) is 0 Å². The first-order valence-corrected chi connectivity index (χ1v) is 4.65. The van der Waals surface area contributed by atoms with Crippen LogP contribution in [0.15, 0.2) is 0 Å². The molecule has 0 aromatic carbocycles. The van der Waals surface area contributed by atoms with Crippen molar-refractivity contribution in [3.8, 4) is 0 Å². The summed E-state index contributed by atoms with van der Waals surface area (Å²) in [5.74, 6) is 0.186. The molecule has 78 valence electrons. The molecule has 0 amide bonds. The van der Waals surface area contributed by atoms with Gasteiger partial charge in [-0.05, 0) is 27.9 Å². The van der Waals surface area contributed by atoms with Crippen molar-refractivity contribution >= 4 is 0 Å². The number of rotatable bonds is 3. The van der Waals surface area contributed by atoms with E-state index in [4.69, 9.17) is 0 Å². The number of hydrogen-bond donors (Lipinski definition) is 0. The first kappa shape index (κ1) is 11.0. The average molecular weight is 197 g/mol. The van der Waals surface area contributed by atoms with Crippen LogP contribution in [0.1, 0.15) is 17.1 Å². The predicted molar refractivity (Wildman–Crippen MR) is 53.7 cm³/mol. The predicted octanol–water partition coefficient (Wildman–Crippen LogP) is 1.34. The lowest BCUT2D eigenvalue weighted by molar-refractivity contribution is 0.407. The average Bonchev–Trinajstić information content (AvgIpc) is 2.10. The molecule has 0 spiro atoms. The van der Waals surface area contributed by atoms with Crippen LogP contribution in [0.5, 0.6) is 0 Å². The minimum Gasteiger partial charge on any atom is -0.309 e. The first-order valence-electron chi connectivity index (χ1n) is 4.65. The second-order valence-electron chi connectivity index (χ2n) is 3.69. The zero-order chi connectivity index (χ0) is 10.7. The van der Waals surface area contributed by atoms with Crippen LogP contribution in [-0.4, -0.2) is 35.5 Å². The molecule has 0 saturated heterocycles. The molecule has 0 aliphatic rings. The quantitative estimate of drug-likeness (QED) is 0.685. The minimum atomic E-state index is -0.397. The van der Waals surface area contributed by atoms with Crippen LogP contribution in [0.2, 0.25) is 0 Å². The molecule has 1 rings (SSSR count). The van der Waals surface area contributed by atoms with E-state index in [0.29, 0.717) is 17.8 Å². The molecule has 0 aliphatic carbocycles. The second-order valence-corrected chi connectivity index (χ2v) is 3.69. The molecule has 0 aliphatic heterocycles. The molecule has 0 bridgehead atoms. The van der Waals surface area contributed by atoms with Crippen molar-refractivity contribution < 1.29 is 4.39 Å². The van der Waals surface area contributed by atoms with E-state index in [1.807, 2.05) is 19.0 Å². The fraction of sp³-hybridized carbons (Fsp3) is 0.600. The largest absolute Gasteiger partial charge is 0.309 e. The van der Waals surface area contributed by atoms with Gasteiger partial charge in [-0.25, -0.2) is 9.97 Å².